The van der Waals surface area contributed by atoms with E-state index >= 15 is 8.78 Å². The third kappa shape index (κ3) is 4.76. The number of nitrogen functional groups attached to an aromatic ring is 1. The highest BCUT2D eigenvalue weighted by Gasteiger charge is 2.36. The number of nitrogens with two attached hydrogens (primary N) is 1. The van der Waals surface area contributed by atoms with Gasteiger partial charge in [-0.1, -0.05) is 0 Å². The van der Waals surface area contributed by atoms with Gasteiger partial charge in [0.1, 0.15) is 22.9 Å². The first kappa shape index (κ1) is 25.9. The van der Waals surface area contributed by atoms with Gasteiger partial charge in [0.15, 0.2) is 11.6 Å². The van der Waals surface area contributed by atoms with E-state index in [0.717, 1.165) is 6.20 Å². The average Bonchev–Trinajstić information content (AvgIpc) is 3.53. The molecule has 1 aromatic heterocycles. The Kier molecular flexibility index (Phi) is 6.72. The van der Waals surface area contributed by atoms with Gasteiger partial charge in [0.05, 0.1) is 16.6 Å². The summed E-state index contributed by atoms with van der Waals surface area (Å²) in [5.74, 6) is -3.94. The molecule has 0 bridgehead atoms. The maximum atomic E-state index is 16.0. The van der Waals surface area contributed by atoms with E-state index in [2.05, 4.69) is 5.32 Å². The molecule has 2 atom stereocenters. The van der Waals surface area contributed by atoms with E-state index < -0.39 is 57.3 Å². The lowest BCUT2D eigenvalue weighted by Crippen LogP contribution is -2.41. The van der Waals surface area contributed by atoms with E-state index in [1.54, 1.807) is 32.7 Å². The number of aromatic nitrogens is 1. The van der Waals surface area contributed by atoms with Gasteiger partial charge in [-0.15, -0.1) is 0 Å². The Balaban J connectivity index is 1.69. The Morgan fingerprint density at radius 2 is 1.92 bits per heavy atom. The molecule has 4 N–H and O–H groups in total. The summed E-state index contributed by atoms with van der Waals surface area (Å²) in [6.45, 7) is 5.96. The van der Waals surface area contributed by atoms with Crippen LogP contribution in [-0.2, 0) is 9.53 Å². The molecule has 1 saturated carbocycles. The van der Waals surface area contributed by atoms with Gasteiger partial charge in [0, 0.05) is 25.3 Å². The number of aromatic carboxylic acids is 1. The largest absolute Gasteiger partial charge is 0.477 e. The van der Waals surface area contributed by atoms with Crippen LogP contribution in [0.2, 0.25) is 0 Å². The summed E-state index contributed by atoms with van der Waals surface area (Å²) < 4.78 is 38.3. The highest BCUT2D eigenvalue weighted by Crippen LogP contribution is 2.42. The summed E-state index contributed by atoms with van der Waals surface area (Å²) in [4.78, 5) is 38.5. The summed E-state index contributed by atoms with van der Waals surface area (Å²) in [6.07, 6.45) is 3.50. The number of fused-ring (bicyclic) bond motifs is 1. The molecular weight excluding hydrogens is 474 g/mol. The molecule has 1 saturated heterocycles. The predicted molar refractivity (Wildman–Crippen MR) is 131 cm³/mol. The number of hydrogen-bond acceptors (Lipinski definition) is 7. The van der Waals surface area contributed by atoms with Crippen molar-refractivity contribution in [3.05, 3.63) is 33.6 Å². The molecule has 0 radical (unpaired) electrons. The second-order valence-electron chi connectivity index (χ2n) is 10.6. The fourth-order valence-electron chi connectivity index (χ4n) is 4.89. The van der Waals surface area contributed by atoms with Crippen LogP contribution in [0.1, 0.15) is 62.9 Å². The normalized spacial score (nSPS) is 19.1. The number of esters is 1. The number of carbonyl (C=O) groups excluding carboxylic acids is 1. The van der Waals surface area contributed by atoms with Crippen LogP contribution in [0.4, 0.5) is 20.2 Å². The quantitative estimate of drug-likeness (QED) is 0.386. The lowest BCUT2D eigenvalue weighted by atomic mass is 9.99. The minimum Gasteiger partial charge on any atom is -0.477 e. The first-order valence-corrected chi connectivity index (χ1v) is 12.1. The second-order valence-corrected chi connectivity index (χ2v) is 10.6. The highest BCUT2D eigenvalue weighted by molar-refractivity contribution is 5.99. The smallest absolute Gasteiger partial charge is 0.341 e. The van der Waals surface area contributed by atoms with Crippen molar-refractivity contribution in [3.8, 4) is 0 Å². The van der Waals surface area contributed by atoms with Crippen molar-refractivity contribution in [2.45, 2.75) is 64.1 Å². The molecular formula is C25H32F2N4O5. The monoisotopic (exact) mass is 506 g/mol. The van der Waals surface area contributed by atoms with Gasteiger partial charge in [0.25, 0.3) is 0 Å². The van der Waals surface area contributed by atoms with Crippen molar-refractivity contribution in [2.24, 2.45) is 5.92 Å². The lowest BCUT2D eigenvalue weighted by Gasteiger charge is -2.26. The van der Waals surface area contributed by atoms with E-state index in [0.29, 0.717) is 32.2 Å². The van der Waals surface area contributed by atoms with Crippen molar-refractivity contribution in [1.82, 2.24) is 9.88 Å². The number of hydrogen-bond donors (Lipinski definition) is 3. The molecule has 4 rings (SSSR count). The number of carbonyl (C=O) groups is 2. The number of benzene rings is 1. The number of pyridine rings is 1. The predicted octanol–water partition coefficient (Wildman–Crippen LogP) is 3.04. The molecule has 36 heavy (non-hydrogen) atoms. The van der Waals surface area contributed by atoms with E-state index in [4.69, 9.17) is 10.5 Å². The molecule has 1 aliphatic carbocycles. The van der Waals surface area contributed by atoms with Crippen molar-refractivity contribution >= 4 is 34.2 Å². The topological polar surface area (TPSA) is 127 Å². The number of ether oxygens (including phenoxy) is 1. The van der Waals surface area contributed by atoms with Crippen LogP contribution in [0.25, 0.3) is 10.9 Å². The number of halogens is 2. The molecule has 1 aliphatic heterocycles. The van der Waals surface area contributed by atoms with Gasteiger partial charge >= 0.3 is 11.9 Å². The van der Waals surface area contributed by atoms with Crippen molar-refractivity contribution < 1.29 is 28.2 Å². The van der Waals surface area contributed by atoms with Crippen LogP contribution >= 0.6 is 0 Å². The number of rotatable bonds is 7. The number of likely N-dealkylation sites (N-methyl/N-ethyl adjacent to an activating group) is 1. The van der Waals surface area contributed by atoms with Gasteiger partial charge in [-0.3, -0.25) is 9.59 Å². The SMILES string of the molecule is CNC(CC1CCN(c2c(F)c(N)c3c(=O)c(C(=O)O)cn(C4CC4)c3c2F)C1)C(=O)OC(C)(C)C. The highest BCUT2D eigenvalue weighted by atomic mass is 19.1. The first-order chi connectivity index (χ1) is 16.8. The fourth-order valence-corrected chi connectivity index (χ4v) is 4.89. The van der Waals surface area contributed by atoms with Gasteiger partial charge in [0.2, 0.25) is 5.43 Å². The molecule has 0 spiro atoms. The van der Waals surface area contributed by atoms with Crippen LogP contribution in [0, 0.1) is 17.6 Å². The zero-order chi connectivity index (χ0) is 26.5. The van der Waals surface area contributed by atoms with Gasteiger partial charge < -0.3 is 30.4 Å². The van der Waals surface area contributed by atoms with Crippen LogP contribution in [0.5, 0.6) is 0 Å². The zero-order valence-electron chi connectivity index (χ0n) is 20.9. The van der Waals surface area contributed by atoms with E-state index in [9.17, 15) is 19.5 Å². The Bertz CT molecular complexity index is 1280. The van der Waals surface area contributed by atoms with E-state index in [-0.39, 0.29) is 29.7 Å². The fraction of sp³-hybridized carbons (Fsp3) is 0.560. The van der Waals surface area contributed by atoms with Gasteiger partial charge in [-0.2, -0.15) is 0 Å². The van der Waals surface area contributed by atoms with Crippen molar-refractivity contribution in [2.75, 3.05) is 30.8 Å². The maximum absolute atomic E-state index is 16.0. The number of carboxylic acids is 1. The summed E-state index contributed by atoms with van der Waals surface area (Å²) in [6, 6.07) is -0.755. The number of nitrogens with one attached hydrogen (secondary N) is 1. The standard InChI is InChI=1S/C25H32F2N4O5/c1-25(2,3)36-24(35)15(29-4)9-12-7-8-30(10-12)21-17(26)19(28)16-20(18(21)27)31(13-5-6-13)11-14(22(16)32)23(33)34/h11-13,15,29H,5-10,28H2,1-4H3,(H,33,34). The molecule has 196 valence electrons. The number of carboxylic acid groups (broad SMARTS) is 1. The Hall–Kier alpha value is -3.21. The molecule has 2 fully saturated rings. The van der Waals surface area contributed by atoms with Crippen molar-refractivity contribution in [3.63, 3.8) is 0 Å². The number of anilines is 2. The molecule has 2 aromatic rings. The summed E-state index contributed by atoms with van der Waals surface area (Å²) in [7, 11) is 1.66. The van der Waals surface area contributed by atoms with Gasteiger partial charge in [-0.05, 0) is 59.4 Å². The summed E-state index contributed by atoms with van der Waals surface area (Å²) in [5.41, 5.74) is 2.71. The molecule has 11 heteroatoms. The molecule has 2 heterocycles. The summed E-state index contributed by atoms with van der Waals surface area (Å²) in [5, 5.41) is 12.0. The third-order valence-electron chi connectivity index (χ3n) is 6.75. The number of nitrogens with zero attached hydrogens (tertiary/aromatic N) is 2. The van der Waals surface area contributed by atoms with Gasteiger partial charge in [-0.25, -0.2) is 13.6 Å². The Morgan fingerprint density at radius 3 is 2.47 bits per heavy atom. The maximum Gasteiger partial charge on any atom is 0.341 e. The first-order valence-electron chi connectivity index (χ1n) is 12.1. The van der Waals surface area contributed by atoms with Crippen LogP contribution < -0.4 is 21.4 Å². The third-order valence-corrected chi connectivity index (χ3v) is 6.75. The average molecular weight is 507 g/mol. The van der Waals surface area contributed by atoms with Crippen LogP contribution in [-0.4, -0.2) is 53.4 Å². The Morgan fingerprint density at radius 1 is 1.25 bits per heavy atom. The minimum absolute atomic E-state index is 0.0503. The Labute approximate surface area is 207 Å². The van der Waals surface area contributed by atoms with Crippen molar-refractivity contribution in [1.29, 1.82) is 0 Å². The van der Waals surface area contributed by atoms with Crippen LogP contribution in [0.15, 0.2) is 11.0 Å². The molecule has 2 unspecified atom stereocenters. The van der Waals surface area contributed by atoms with E-state index in [1.807, 2.05) is 0 Å². The van der Waals surface area contributed by atoms with E-state index in [1.165, 1.54) is 4.57 Å². The minimum atomic E-state index is -1.48. The molecule has 0 amide bonds. The summed E-state index contributed by atoms with van der Waals surface area (Å²) >= 11 is 0. The lowest BCUT2D eigenvalue weighted by molar-refractivity contribution is -0.157. The molecule has 9 nitrogen and oxygen atoms in total. The zero-order valence-corrected chi connectivity index (χ0v) is 20.9. The van der Waals surface area contributed by atoms with Crippen LogP contribution in [0.3, 0.4) is 0 Å². The molecule has 1 aromatic carbocycles. The molecule has 2 aliphatic rings. The second kappa shape index (κ2) is 9.34.